The molecule has 1 N–H and O–H groups in total. The van der Waals surface area contributed by atoms with Crippen molar-refractivity contribution in [3.8, 4) is 5.75 Å². The van der Waals surface area contributed by atoms with Gasteiger partial charge < -0.3 is 10.1 Å². The van der Waals surface area contributed by atoms with Crippen LogP contribution < -0.4 is 10.1 Å². The molecule has 1 saturated heterocycles. The molecule has 3 nitrogen and oxygen atoms in total. The fourth-order valence-corrected chi connectivity index (χ4v) is 3.85. The normalized spacial score (nSPS) is 27.2. The lowest BCUT2D eigenvalue weighted by Crippen LogP contribution is -2.49. The topological polar surface area (TPSA) is 24.5 Å². The molecule has 1 aromatic carbocycles. The summed E-state index contributed by atoms with van der Waals surface area (Å²) < 4.78 is 5.76. The van der Waals surface area contributed by atoms with E-state index in [0.29, 0.717) is 5.92 Å². The zero-order valence-electron chi connectivity index (χ0n) is 13.3. The minimum Gasteiger partial charge on any atom is -0.491 e. The third-order valence-electron chi connectivity index (χ3n) is 4.78. The van der Waals surface area contributed by atoms with E-state index in [1.165, 1.54) is 37.9 Å². The van der Waals surface area contributed by atoms with Crippen molar-refractivity contribution in [1.29, 1.82) is 0 Å². The van der Waals surface area contributed by atoms with Crippen molar-refractivity contribution in [2.24, 2.45) is 0 Å². The van der Waals surface area contributed by atoms with Gasteiger partial charge in [0, 0.05) is 32.2 Å². The Kier molecular flexibility index (Phi) is 4.81. The molecule has 2 aliphatic rings. The summed E-state index contributed by atoms with van der Waals surface area (Å²) in [6, 6.07) is 9.58. The van der Waals surface area contributed by atoms with Gasteiger partial charge in [0.2, 0.25) is 0 Å². The average Bonchev–Trinajstić information content (AvgIpc) is 2.98. The number of rotatable bonds is 4. The Balaban J connectivity index is 1.69. The van der Waals surface area contributed by atoms with Gasteiger partial charge in [-0.2, -0.15) is 0 Å². The molecule has 1 saturated carbocycles. The summed E-state index contributed by atoms with van der Waals surface area (Å²) >= 11 is 0. The number of ether oxygens (including phenoxy) is 1. The summed E-state index contributed by atoms with van der Waals surface area (Å²) in [6.45, 7) is 8.84. The van der Waals surface area contributed by atoms with Crippen molar-refractivity contribution in [3.05, 3.63) is 29.8 Å². The maximum Gasteiger partial charge on any atom is 0.119 e. The van der Waals surface area contributed by atoms with Crippen molar-refractivity contribution in [2.75, 3.05) is 26.2 Å². The zero-order valence-corrected chi connectivity index (χ0v) is 13.3. The van der Waals surface area contributed by atoms with Gasteiger partial charge in [-0.3, -0.25) is 4.90 Å². The monoisotopic (exact) mass is 288 g/mol. The van der Waals surface area contributed by atoms with E-state index in [1.54, 1.807) is 0 Å². The van der Waals surface area contributed by atoms with E-state index in [-0.39, 0.29) is 6.10 Å². The van der Waals surface area contributed by atoms with Gasteiger partial charge in [0.1, 0.15) is 5.75 Å². The molecule has 21 heavy (non-hydrogen) atoms. The minimum atomic E-state index is 0.246. The highest BCUT2D eigenvalue weighted by Gasteiger charge is 2.33. The van der Waals surface area contributed by atoms with Crippen molar-refractivity contribution in [1.82, 2.24) is 10.2 Å². The molecule has 2 unspecified atom stereocenters. The van der Waals surface area contributed by atoms with E-state index < -0.39 is 0 Å². The average molecular weight is 288 g/mol. The second kappa shape index (κ2) is 6.80. The lowest BCUT2D eigenvalue weighted by molar-refractivity contribution is 0.163. The fourth-order valence-electron chi connectivity index (χ4n) is 3.85. The van der Waals surface area contributed by atoms with Crippen LogP contribution >= 0.6 is 0 Å². The maximum absolute atomic E-state index is 5.76. The standard InChI is InChI=1S/C18H28N2O/c1-14(2)21-16-8-6-15(7-9-16)17-4-3-5-18(17)20-12-10-19-11-13-20/h6-9,14,17-19H,3-5,10-13H2,1-2H3. The van der Waals surface area contributed by atoms with E-state index in [4.69, 9.17) is 4.74 Å². The lowest BCUT2D eigenvalue weighted by Gasteiger charge is -2.36. The van der Waals surface area contributed by atoms with Crippen LogP contribution in [0.15, 0.2) is 24.3 Å². The number of hydrogen-bond donors (Lipinski definition) is 1. The minimum absolute atomic E-state index is 0.246. The van der Waals surface area contributed by atoms with Crippen LogP contribution in [0.5, 0.6) is 5.75 Å². The molecule has 2 fully saturated rings. The first-order valence-electron chi connectivity index (χ1n) is 8.45. The first kappa shape index (κ1) is 14.9. The van der Waals surface area contributed by atoms with E-state index in [0.717, 1.165) is 24.9 Å². The molecule has 3 rings (SSSR count). The lowest BCUT2D eigenvalue weighted by atomic mass is 9.92. The fraction of sp³-hybridized carbons (Fsp3) is 0.667. The molecule has 2 atom stereocenters. The Morgan fingerprint density at radius 2 is 1.81 bits per heavy atom. The van der Waals surface area contributed by atoms with Gasteiger partial charge in [0.25, 0.3) is 0 Å². The summed E-state index contributed by atoms with van der Waals surface area (Å²) in [5.74, 6) is 1.70. The summed E-state index contributed by atoms with van der Waals surface area (Å²) in [5.41, 5.74) is 1.49. The predicted molar refractivity (Wildman–Crippen MR) is 87.0 cm³/mol. The van der Waals surface area contributed by atoms with Crippen LogP contribution in [-0.2, 0) is 0 Å². The summed E-state index contributed by atoms with van der Waals surface area (Å²) in [5, 5.41) is 3.46. The van der Waals surface area contributed by atoms with E-state index in [2.05, 4.69) is 48.3 Å². The van der Waals surface area contributed by atoms with Crippen LogP contribution in [0.3, 0.4) is 0 Å². The van der Waals surface area contributed by atoms with Crippen molar-refractivity contribution in [2.45, 2.75) is 51.2 Å². The molecule has 1 aromatic rings. The molecule has 0 aromatic heterocycles. The van der Waals surface area contributed by atoms with Crippen LogP contribution in [-0.4, -0.2) is 43.2 Å². The second-order valence-corrected chi connectivity index (χ2v) is 6.63. The van der Waals surface area contributed by atoms with Gasteiger partial charge >= 0.3 is 0 Å². The highest BCUT2D eigenvalue weighted by atomic mass is 16.5. The van der Waals surface area contributed by atoms with Gasteiger partial charge in [-0.25, -0.2) is 0 Å². The molecule has 0 spiro atoms. The van der Waals surface area contributed by atoms with Gasteiger partial charge in [0.15, 0.2) is 0 Å². The van der Waals surface area contributed by atoms with Crippen LogP contribution in [0, 0.1) is 0 Å². The summed E-state index contributed by atoms with van der Waals surface area (Å²) in [6.07, 6.45) is 4.30. The van der Waals surface area contributed by atoms with Crippen LogP contribution in [0.2, 0.25) is 0 Å². The second-order valence-electron chi connectivity index (χ2n) is 6.63. The van der Waals surface area contributed by atoms with Crippen LogP contribution in [0.25, 0.3) is 0 Å². The van der Waals surface area contributed by atoms with E-state index in [9.17, 15) is 0 Å². The first-order chi connectivity index (χ1) is 10.2. The molecule has 1 aliphatic heterocycles. The number of piperazine rings is 1. The Hall–Kier alpha value is -1.06. The Morgan fingerprint density at radius 3 is 2.48 bits per heavy atom. The molecule has 1 aliphatic carbocycles. The number of nitrogens with zero attached hydrogens (tertiary/aromatic N) is 1. The van der Waals surface area contributed by atoms with Crippen molar-refractivity contribution < 1.29 is 4.74 Å². The maximum atomic E-state index is 5.76. The number of nitrogens with one attached hydrogen (secondary N) is 1. The van der Waals surface area contributed by atoms with Crippen molar-refractivity contribution >= 4 is 0 Å². The molecular weight excluding hydrogens is 260 g/mol. The van der Waals surface area contributed by atoms with Gasteiger partial charge in [-0.15, -0.1) is 0 Å². The van der Waals surface area contributed by atoms with Crippen molar-refractivity contribution in [3.63, 3.8) is 0 Å². The molecule has 1 heterocycles. The van der Waals surface area contributed by atoms with E-state index in [1.807, 2.05) is 0 Å². The SMILES string of the molecule is CC(C)Oc1ccc(C2CCCC2N2CCNCC2)cc1. The molecule has 116 valence electrons. The third kappa shape index (κ3) is 3.58. The molecule has 0 radical (unpaired) electrons. The summed E-state index contributed by atoms with van der Waals surface area (Å²) in [4.78, 5) is 2.70. The first-order valence-corrected chi connectivity index (χ1v) is 8.45. The van der Waals surface area contributed by atoms with E-state index >= 15 is 0 Å². The molecule has 0 bridgehead atoms. The number of benzene rings is 1. The Morgan fingerprint density at radius 1 is 1.10 bits per heavy atom. The Bertz CT molecular complexity index is 437. The predicted octanol–water partition coefficient (Wildman–Crippen LogP) is 3.02. The van der Waals surface area contributed by atoms with Crippen LogP contribution in [0.1, 0.15) is 44.6 Å². The molecule has 3 heteroatoms. The number of hydrogen-bond acceptors (Lipinski definition) is 3. The quantitative estimate of drug-likeness (QED) is 0.922. The van der Waals surface area contributed by atoms with Crippen LogP contribution in [0.4, 0.5) is 0 Å². The summed E-state index contributed by atoms with van der Waals surface area (Å²) in [7, 11) is 0. The zero-order chi connectivity index (χ0) is 14.7. The van der Waals surface area contributed by atoms with Gasteiger partial charge in [-0.05, 0) is 50.3 Å². The highest BCUT2D eigenvalue weighted by molar-refractivity contribution is 5.31. The molecule has 0 amide bonds. The Labute approximate surface area is 128 Å². The largest absolute Gasteiger partial charge is 0.491 e. The van der Waals surface area contributed by atoms with Gasteiger partial charge in [0.05, 0.1) is 6.10 Å². The smallest absolute Gasteiger partial charge is 0.119 e. The highest BCUT2D eigenvalue weighted by Crippen LogP contribution is 2.38. The third-order valence-corrected chi connectivity index (χ3v) is 4.78. The van der Waals surface area contributed by atoms with Gasteiger partial charge in [-0.1, -0.05) is 18.6 Å². The molecular formula is C18H28N2O.